The number of benzene rings is 1. The van der Waals surface area contributed by atoms with Gasteiger partial charge >= 0.3 is 0 Å². The zero-order chi connectivity index (χ0) is 19.4. The summed E-state index contributed by atoms with van der Waals surface area (Å²) in [5.74, 6) is 1.71. The first kappa shape index (κ1) is 17.7. The lowest BCUT2D eigenvalue weighted by atomic mass is 9.75. The van der Waals surface area contributed by atoms with Gasteiger partial charge < -0.3 is 10.6 Å². The molecule has 3 atom stereocenters. The third kappa shape index (κ3) is 2.82. The number of nitrogens with two attached hydrogens (primary N) is 1. The Morgan fingerprint density at radius 3 is 2.50 bits per heavy atom. The van der Waals surface area contributed by atoms with Gasteiger partial charge in [0, 0.05) is 24.6 Å². The van der Waals surface area contributed by atoms with Gasteiger partial charge in [0.25, 0.3) is 0 Å². The highest BCUT2D eigenvalue weighted by molar-refractivity contribution is 5.77. The predicted molar refractivity (Wildman–Crippen MR) is 109 cm³/mol. The Balaban J connectivity index is 1.45. The molecule has 6 rings (SSSR count). The molecule has 4 aliphatic rings. The standard InChI is InChI=1S/C22H29N5O/c1-14-3-5-16(6-4-14)18-12-26(20(28)13-27-19(23)11-15(2)24-27)21-17-7-9-25(10-8-17)22(18)21/h3-6,11,17-18,21-22H,7-10,12-13,23H2,1-2H3/t18-,21+,22+/m0/s1. The summed E-state index contributed by atoms with van der Waals surface area (Å²) in [4.78, 5) is 18.1. The van der Waals surface area contributed by atoms with E-state index in [1.807, 2.05) is 13.0 Å². The van der Waals surface area contributed by atoms with Gasteiger partial charge in [-0.05, 0) is 51.3 Å². The number of aromatic nitrogens is 2. The van der Waals surface area contributed by atoms with Gasteiger partial charge in [0.2, 0.25) is 5.91 Å². The lowest BCUT2D eigenvalue weighted by molar-refractivity contribution is -0.136. The first-order chi connectivity index (χ1) is 13.5. The molecule has 0 aliphatic carbocycles. The summed E-state index contributed by atoms with van der Waals surface area (Å²) >= 11 is 0. The van der Waals surface area contributed by atoms with Gasteiger partial charge in [0.1, 0.15) is 12.4 Å². The molecule has 1 aromatic heterocycles. The number of carbonyl (C=O) groups is 1. The predicted octanol–water partition coefficient (Wildman–Crippen LogP) is 2.17. The zero-order valence-corrected chi connectivity index (χ0v) is 16.7. The molecule has 2 aromatic rings. The third-order valence-electron chi connectivity index (χ3n) is 7.04. The van der Waals surface area contributed by atoms with Crippen molar-refractivity contribution in [1.82, 2.24) is 19.6 Å². The Bertz CT molecular complexity index is 881. The number of nitrogen functional groups attached to an aromatic ring is 1. The van der Waals surface area contributed by atoms with Gasteiger partial charge in [-0.2, -0.15) is 5.10 Å². The quantitative estimate of drug-likeness (QED) is 0.888. The number of piperidine rings is 3. The van der Waals surface area contributed by atoms with Crippen LogP contribution < -0.4 is 5.73 Å². The van der Waals surface area contributed by atoms with E-state index in [1.165, 1.54) is 37.1 Å². The smallest absolute Gasteiger partial charge is 0.244 e. The van der Waals surface area contributed by atoms with Crippen LogP contribution in [0.5, 0.6) is 0 Å². The van der Waals surface area contributed by atoms with Crippen LogP contribution in [-0.4, -0.2) is 57.2 Å². The van der Waals surface area contributed by atoms with E-state index in [-0.39, 0.29) is 12.5 Å². The van der Waals surface area contributed by atoms with Crippen molar-refractivity contribution < 1.29 is 4.79 Å². The van der Waals surface area contributed by atoms with Crippen LogP contribution in [0.15, 0.2) is 30.3 Å². The molecule has 4 saturated heterocycles. The van der Waals surface area contributed by atoms with Gasteiger partial charge in [-0.15, -0.1) is 0 Å². The second-order valence-electron chi connectivity index (χ2n) is 8.79. The number of likely N-dealkylation sites (tertiary alicyclic amines) is 1. The van der Waals surface area contributed by atoms with Crippen LogP contribution in [0.3, 0.4) is 0 Å². The first-order valence-electron chi connectivity index (χ1n) is 10.4. The summed E-state index contributed by atoms with van der Waals surface area (Å²) in [7, 11) is 0. The molecule has 6 nitrogen and oxygen atoms in total. The molecule has 28 heavy (non-hydrogen) atoms. The molecule has 148 valence electrons. The molecular weight excluding hydrogens is 350 g/mol. The van der Waals surface area contributed by atoms with E-state index >= 15 is 0 Å². The number of amides is 1. The molecule has 0 saturated carbocycles. The fourth-order valence-corrected chi connectivity index (χ4v) is 5.72. The molecule has 0 spiro atoms. The van der Waals surface area contributed by atoms with Crippen LogP contribution in [0.1, 0.15) is 35.6 Å². The zero-order valence-electron chi connectivity index (χ0n) is 16.7. The van der Waals surface area contributed by atoms with Crippen LogP contribution in [0.25, 0.3) is 0 Å². The fourth-order valence-electron chi connectivity index (χ4n) is 5.72. The highest BCUT2D eigenvalue weighted by Gasteiger charge is 2.54. The Hall–Kier alpha value is -2.34. The minimum Gasteiger partial charge on any atom is -0.384 e. The number of hydrogen-bond donors (Lipinski definition) is 1. The minimum absolute atomic E-state index is 0.146. The van der Waals surface area contributed by atoms with E-state index < -0.39 is 0 Å². The summed E-state index contributed by atoms with van der Waals surface area (Å²) in [6, 6.07) is 11.5. The number of fused-ring (bicyclic) bond motifs is 2. The largest absolute Gasteiger partial charge is 0.384 e. The van der Waals surface area contributed by atoms with Gasteiger partial charge in [-0.25, -0.2) is 4.68 Å². The third-order valence-corrected chi connectivity index (χ3v) is 7.04. The van der Waals surface area contributed by atoms with E-state index in [9.17, 15) is 4.79 Å². The maximum absolute atomic E-state index is 13.3. The summed E-state index contributed by atoms with van der Waals surface area (Å²) in [5, 5.41) is 4.39. The van der Waals surface area contributed by atoms with Crippen LogP contribution in [0.2, 0.25) is 0 Å². The van der Waals surface area contributed by atoms with Crippen LogP contribution >= 0.6 is 0 Å². The van der Waals surface area contributed by atoms with E-state index in [0.29, 0.717) is 29.7 Å². The summed E-state index contributed by atoms with van der Waals surface area (Å²) in [5.41, 5.74) is 9.52. The molecule has 6 heteroatoms. The Morgan fingerprint density at radius 2 is 1.86 bits per heavy atom. The van der Waals surface area contributed by atoms with Gasteiger partial charge in [-0.3, -0.25) is 9.69 Å². The fraction of sp³-hybridized carbons (Fsp3) is 0.545. The maximum atomic E-state index is 13.3. The number of aryl methyl sites for hydroxylation is 2. The lowest BCUT2D eigenvalue weighted by Gasteiger charge is -2.51. The van der Waals surface area contributed by atoms with Crippen LogP contribution in [0, 0.1) is 19.8 Å². The second kappa shape index (κ2) is 6.62. The van der Waals surface area contributed by atoms with Crippen molar-refractivity contribution in [3.63, 3.8) is 0 Å². The minimum atomic E-state index is 0.146. The van der Waals surface area contributed by atoms with Crippen molar-refractivity contribution in [3.8, 4) is 0 Å². The Kier molecular flexibility index (Phi) is 4.19. The monoisotopic (exact) mass is 379 g/mol. The van der Waals surface area contributed by atoms with E-state index in [2.05, 4.69) is 46.1 Å². The number of nitrogens with zero attached hydrogens (tertiary/aromatic N) is 4. The van der Waals surface area contributed by atoms with E-state index in [4.69, 9.17) is 5.73 Å². The van der Waals surface area contributed by atoms with E-state index in [1.54, 1.807) is 4.68 Å². The lowest BCUT2D eigenvalue weighted by Crippen LogP contribution is -2.61. The van der Waals surface area contributed by atoms with Crippen molar-refractivity contribution in [1.29, 1.82) is 0 Å². The van der Waals surface area contributed by atoms with Crippen molar-refractivity contribution in [2.75, 3.05) is 25.4 Å². The number of rotatable bonds is 3. The average molecular weight is 380 g/mol. The highest BCUT2D eigenvalue weighted by atomic mass is 16.2. The molecule has 5 heterocycles. The van der Waals surface area contributed by atoms with Crippen molar-refractivity contribution >= 4 is 11.7 Å². The molecule has 2 N–H and O–H groups in total. The molecule has 1 aromatic carbocycles. The summed E-state index contributed by atoms with van der Waals surface area (Å²) in [6.45, 7) is 7.40. The number of hydrogen-bond acceptors (Lipinski definition) is 4. The molecule has 0 unspecified atom stereocenters. The van der Waals surface area contributed by atoms with Crippen molar-refractivity contribution in [2.24, 2.45) is 5.92 Å². The SMILES string of the molecule is Cc1ccc([C@@H]2CN(C(=O)Cn3nc(C)cc3N)[C@@H]3C4CCN(CC4)[C@@H]32)cc1. The molecule has 2 bridgehead atoms. The maximum Gasteiger partial charge on any atom is 0.244 e. The average Bonchev–Trinajstić information content (AvgIpc) is 3.25. The Labute approximate surface area is 166 Å². The molecular formula is C22H29N5O. The van der Waals surface area contributed by atoms with Crippen molar-refractivity contribution in [3.05, 3.63) is 47.2 Å². The normalized spacial score (nSPS) is 31.2. The molecule has 4 aliphatic heterocycles. The molecule has 1 amide bonds. The van der Waals surface area contributed by atoms with Gasteiger partial charge in [0.15, 0.2) is 0 Å². The van der Waals surface area contributed by atoms with Gasteiger partial charge in [0.05, 0.1) is 11.7 Å². The second-order valence-corrected chi connectivity index (χ2v) is 8.79. The molecule has 4 fully saturated rings. The van der Waals surface area contributed by atoms with Crippen molar-refractivity contribution in [2.45, 2.75) is 51.2 Å². The number of carbonyl (C=O) groups excluding carboxylic acids is 1. The highest BCUT2D eigenvalue weighted by Crippen LogP contribution is 2.46. The number of anilines is 1. The summed E-state index contributed by atoms with van der Waals surface area (Å²) < 4.78 is 1.65. The van der Waals surface area contributed by atoms with E-state index in [0.717, 1.165) is 12.2 Å². The van der Waals surface area contributed by atoms with Crippen LogP contribution in [-0.2, 0) is 11.3 Å². The first-order valence-corrected chi connectivity index (χ1v) is 10.4. The summed E-state index contributed by atoms with van der Waals surface area (Å²) in [6.07, 6.45) is 2.41. The Morgan fingerprint density at radius 1 is 1.14 bits per heavy atom. The molecule has 0 radical (unpaired) electrons. The van der Waals surface area contributed by atoms with Crippen LogP contribution in [0.4, 0.5) is 5.82 Å². The topological polar surface area (TPSA) is 67.4 Å². The van der Waals surface area contributed by atoms with Gasteiger partial charge in [-0.1, -0.05) is 29.8 Å².